The largest absolute Gasteiger partial charge is 0.508 e. The van der Waals surface area contributed by atoms with Crippen molar-refractivity contribution in [3.63, 3.8) is 0 Å². The molecular formula is C11H14N2O3. The number of rotatable bonds is 4. The Morgan fingerprint density at radius 2 is 2.12 bits per heavy atom. The molecule has 0 atom stereocenters. The van der Waals surface area contributed by atoms with E-state index in [1.807, 2.05) is 0 Å². The molecule has 0 aliphatic carbocycles. The Morgan fingerprint density at radius 1 is 1.44 bits per heavy atom. The number of ketones is 1. The van der Waals surface area contributed by atoms with Crippen LogP contribution in [-0.2, 0) is 4.79 Å². The summed E-state index contributed by atoms with van der Waals surface area (Å²) in [4.78, 5) is 22.6. The van der Waals surface area contributed by atoms with Gasteiger partial charge in [-0.05, 0) is 18.7 Å². The molecule has 1 amide bonds. The third-order valence-corrected chi connectivity index (χ3v) is 1.99. The van der Waals surface area contributed by atoms with Crippen molar-refractivity contribution in [1.82, 2.24) is 0 Å². The number of carbonyl (C=O) groups is 2. The highest BCUT2D eigenvalue weighted by molar-refractivity contribution is 6.04. The van der Waals surface area contributed by atoms with Crippen molar-refractivity contribution >= 4 is 17.4 Å². The van der Waals surface area contributed by atoms with Gasteiger partial charge in [0.2, 0.25) is 5.91 Å². The second-order valence-corrected chi connectivity index (χ2v) is 3.37. The Kier molecular flexibility index (Phi) is 4.02. The van der Waals surface area contributed by atoms with Crippen molar-refractivity contribution < 1.29 is 14.7 Å². The zero-order chi connectivity index (χ0) is 12.1. The molecule has 1 rings (SSSR count). The quantitative estimate of drug-likeness (QED) is 0.659. The molecule has 0 saturated carbocycles. The molecule has 1 aromatic carbocycles. The van der Waals surface area contributed by atoms with Gasteiger partial charge in [0.1, 0.15) is 5.75 Å². The van der Waals surface area contributed by atoms with E-state index in [4.69, 9.17) is 5.73 Å². The maximum Gasteiger partial charge on any atom is 0.221 e. The van der Waals surface area contributed by atoms with Gasteiger partial charge in [0.25, 0.3) is 0 Å². The van der Waals surface area contributed by atoms with Crippen LogP contribution >= 0.6 is 0 Å². The van der Waals surface area contributed by atoms with Crippen LogP contribution in [0.3, 0.4) is 0 Å². The van der Waals surface area contributed by atoms with Crippen LogP contribution in [0, 0.1) is 0 Å². The number of phenolic OH excluding ortho intramolecular Hbond substituents is 1. The van der Waals surface area contributed by atoms with Crippen molar-refractivity contribution in [2.24, 2.45) is 5.73 Å². The molecule has 0 unspecified atom stereocenters. The van der Waals surface area contributed by atoms with Gasteiger partial charge in [0, 0.05) is 25.0 Å². The number of benzene rings is 1. The van der Waals surface area contributed by atoms with Crippen LogP contribution < -0.4 is 11.1 Å². The van der Waals surface area contributed by atoms with E-state index < -0.39 is 0 Å². The number of amides is 1. The van der Waals surface area contributed by atoms with Crippen LogP contribution in [0.5, 0.6) is 5.75 Å². The molecular weight excluding hydrogens is 208 g/mol. The summed E-state index contributed by atoms with van der Waals surface area (Å²) in [6.07, 6.45) is 0.206. The molecule has 5 heteroatoms. The normalized spacial score (nSPS) is 9.88. The maximum atomic E-state index is 11.6. The molecule has 0 fully saturated rings. The van der Waals surface area contributed by atoms with Crippen molar-refractivity contribution in [1.29, 1.82) is 0 Å². The van der Waals surface area contributed by atoms with Gasteiger partial charge in [-0.25, -0.2) is 0 Å². The summed E-state index contributed by atoms with van der Waals surface area (Å²) in [7, 11) is 0. The Balaban J connectivity index is 3.06. The lowest BCUT2D eigenvalue weighted by Gasteiger charge is -2.09. The third-order valence-electron chi connectivity index (χ3n) is 1.99. The van der Waals surface area contributed by atoms with Crippen molar-refractivity contribution in [3.05, 3.63) is 23.8 Å². The highest BCUT2D eigenvalue weighted by Gasteiger charge is 2.12. The predicted molar refractivity (Wildman–Crippen MR) is 60.4 cm³/mol. The van der Waals surface area contributed by atoms with Crippen molar-refractivity contribution in [3.8, 4) is 5.75 Å². The van der Waals surface area contributed by atoms with Gasteiger partial charge < -0.3 is 16.2 Å². The van der Waals surface area contributed by atoms with E-state index in [9.17, 15) is 14.7 Å². The van der Waals surface area contributed by atoms with E-state index in [1.54, 1.807) is 0 Å². The number of Topliss-reactive ketones (excluding diaryl/α,β-unsaturated/α-hetero) is 1. The van der Waals surface area contributed by atoms with E-state index >= 15 is 0 Å². The van der Waals surface area contributed by atoms with E-state index in [1.165, 1.54) is 25.1 Å². The zero-order valence-electron chi connectivity index (χ0n) is 8.99. The second-order valence-electron chi connectivity index (χ2n) is 3.37. The lowest BCUT2D eigenvalue weighted by atomic mass is 10.1. The minimum Gasteiger partial charge on any atom is -0.508 e. The predicted octanol–water partition coefficient (Wildman–Crippen LogP) is 0.882. The number of anilines is 1. The van der Waals surface area contributed by atoms with Gasteiger partial charge in [-0.2, -0.15) is 0 Å². The molecule has 0 saturated heterocycles. The topological polar surface area (TPSA) is 92.4 Å². The summed E-state index contributed by atoms with van der Waals surface area (Å²) < 4.78 is 0. The smallest absolute Gasteiger partial charge is 0.221 e. The number of nitrogens with two attached hydrogens (primary N) is 1. The molecule has 4 N–H and O–H groups in total. The van der Waals surface area contributed by atoms with Gasteiger partial charge in [-0.1, -0.05) is 0 Å². The van der Waals surface area contributed by atoms with E-state index in [-0.39, 0.29) is 30.4 Å². The Bertz CT molecular complexity index is 416. The Morgan fingerprint density at radius 3 is 2.69 bits per heavy atom. The summed E-state index contributed by atoms with van der Waals surface area (Å²) in [6, 6.07) is 4.21. The van der Waals surface area contributed by atoms with Crippen molar-refractivity contribution in [2.75, 3.05) is 11.9 Å². The molecule has 5 nitrogen and oxygen atoms in total. The van der Waals surface area contributed by atoms with Crippen LogP contribution in [0.15, 0.2) is 18.2 Å². The SMILES string of the molecule is CC(=O)Nc1cc(O)ccc1C(=O)CCN. The first-order valence-corrected chi connectivity index (χ1v) is 4.88. The van der Waals surface area contributed by atoms with Crippen LogP contribution in [0.25, 0.3) is 0 Å². The van der Waals surface area contributed by atoms with Crippen LogP contribution in [0.4, 0.5) is 5.69 Å². The Hall–Kier alpha value is -1.88. The summed E-state index contributed by atoms with van der Waals surface area (Å²) in [5.74, 6) is -0.466. The van der Waals surface area contributed by atoms with Gasteiger partial charge in [-0.3, -0.25) is 9.59 Å². The molecule has 0 aliphatic heterocycles. The fourth-order valence-electron chi connectivity index (χ4n) is 1.33. The first-order chi connectivity index (χ1) is 7.54. The molecule has 0 radical (unpaired) electrons. The van der Waals surface area contributed by atoms with E-state index in [0.29, 0.717) is 11.3 Å². The minimum absolute atomic E-state index is 0.00644. The van der Waals surface area contributed by atoms with Gasteiger partial charge in [0.05, 0.1) is 5.69 Å². The first kappa shape index (κ1) is 12.2. The fourth-order valence-corrected chi connectivity index (χ4v) is 1.33. The second kappa shape index (κ2) is 5.27. The van der Waals surface area contributed by atoms with Gasteiger partial charge in [-0.15, -0.1) is 0 Å². The lowest BCUT2D eigenvalue weighted by Crippen LogP contribution is -2.13. The van der Waals surface area contributed by atoms with Crippen molar-refractivity contribution in [2.45, 2.75) is 13.3 Å². The molecule has 1 aromatic rings. The standard InChI is InChI=1S/C11H14N2O3/c1-7(14)13-10-6-8(15)2-3-9(10)11(16)4-5-12/h2-3,6,15H,4-5,12H2,1H3,(H,13,14). The Labute approximate surface area is 93.3 Å². The van der Waals surface area contributed by atoms with Crippen LogP contribution in [-0.4, -0.2) is 23.3 Å². The number of phenols is 1. The number of carbonyl (C=O) groups excluding carboxylic acids is 2. The fraction of sp³-hybridized carbons (Fsp3) is 0.273. The highest BCUT2D eigenvalue weighted by atomic mass is 16.3. The zero-order valence-corrected chi connectivity index (χ0v) is 8.99. The number of aromatic hydroxyl groups is 1. The molecule has 0 spiro atoms. The number of hydrogen-bond donors (Lipinski definition) is 3. The average molecular weight is 222 g/mol. The van der Waals surface area contributed by atoms with Crippen LogP contribution in [0.2, 0.25) is 0 Å². The van der Waals surface area contributed by atoms with Gasteiger partial charge >= 0.3 is 0 Å². The van der Waals surface area contributed by atoms with E-state index in [0.717, 1.165) is 0 Å². The molecule has 0 aromatic heterocycles. The van der Waals surface area contributed by atoms with Crippen LogP contribution in [0.1, 0.15) is 23.7 Å². The first-order valence-electron chi connectivity index (χ1n) is 4.88. The molecule has 0 heterocycles. The number of nitrogens with one attached hydrogen (secondary N) is 1. The van der Waals surface area contributed by atoms with Gasteiger partial charge in [0.15, 0.2) is 5.78 Å². The average Bonchev–Trinajstić information content (AvgIpc) is 2.16. The molecule has 0 aliphatic rings. The molecule has 0 bridgehead atoms. The monoisotopic (exact) mass is 222 g/mol. The summed E-state index contributed by atoms with van der Waals surface area (Å²) in [5, 5.41) is 11.8. The molecule has 16 heavy (non-hydrogen) atoms. The molecule has 86 valence electrons. The maximum absolute atomic E-state index is 11.6. The highest BCUT2D eigenvalue weighted by Crippen LogP contribution is 2.22. The minimum atomic E-state index is -0.299. The van der Waals surface area contributed by atoms with E-state index in [2.05, 4.69) is 5.32 Å². The lowest BCUT2D eigenvalue weighted by molar-refractivity contribution is -0.114. The summed E-state index contributed by atoms with van der Waals surface area (Å²) >= 11 is 0. The number of hydrogen-bond acceptors (Lipinski definition) is 4. The summed E-state index contributed by atoms with van der Waals surface area (Å²) in [6.45, 7) is 1.58. The third kappa shape index (κ3) is 3.06. The summed E-state index contributed by atoms with van der Waals surface area (Å²) in [5.41, 5.74) is 5.96.